The van der Waals surface area contributed by atoms with E-state index in [0.717, 1.165) is 5.56 Å². The number of carboxylic acids is 1. The van der Waals surface area contributed by atoms with Crippen LogP contribution in [0.4, 0.5) is 0 Å². The normalized spacial score (nSPS) is 12.2. The first-order valence-electron chi connectivity index (χ1n) is 6.48. The molecular formula is C15H21NO4. The number of carbonyl (C=O) groups is 2. The van der Waals surface area contributed by atoms with E-state index in [4.69, 9.17) is 4.74 Å². The van der Waals surface area contributed by atoms with Crippen molar-refractivity contribution < 1.29 is 19.4 Å². The van der Waals surface area contributed by atoms with Crippen LogP contribution >= 0.6 is 0 Å². The van der Waals surface area contributed by atoms with Gasteiger partial charge in [-0.1, -0.05) is 24.3 Å². The van der Waals surface area contributed by atoms with Gasteiger partial charge in [0.1, 0.15) is 0 Å². The molecule has 1 rings (SSSR count). The van der Waals surface area contributed by atoms with Crippen LogP contribution in [0.1, 0.15) is 37.9 Å². The lowest BCUT2D eigenvalue weighted by Gasteiger charge is -2.32. The maximum absolute atomic E-state index is 11.8. The minimum Gasteiger partial charge on any atom is -0.479 e. The maximum Gasteiger partial charge on any atom is 0.331 e. The Kier molecular flexibility index (Phi) is 5.70. The van der Waals surface area contributed by atoms with E-state index >= 15 is 0 Å². The fraction of sp³-hybridized carbons (Fsp3) is 0.467. The monoisotopic (exact) mass is 279 g/mol. The van der Waals surface area contributed by atoms with Gasteiger partial charge in [0, 0.05) is 20.1 Å². The molecule has 1 N–H and O–H groups in total. The van der Waals surface area contributed by atoms with Crippen molar-refractivity contribution in [1.82, 2.24) is 4.90 Å². The lowest BCUT2D eigenvalue weighted by molar-refractivity contribution is -0.151. The van der Waals surface area contributed by atoms with Gasteiger partial charge in [-0.05, 0) is 25.0 Å². The molecule has 0 aromatic heterocycles. The average molecular weight is 279 g/mol. The molecule has 20 heavy (non-hydrogen) atoms. The van der Waals surface area contributed by atoms with Crippen molar-refractivity contribution in [3.63, 3.8) is 0 Å². The fourth-order valence-corrected chi connectivity index (χ4v) is 2.29. The SMILES string of the molecule is COCc1cccc(C(C(=O)O)N(C(C)=O)C(C)C)c1. The quantitative estimate of drug-likeness (QED) is 0.867. The molecule has 0 saturated carbocycles. The number of methoxy groups -OCH3 is 1. The molecule has 0 bridgehead atoms. The molecule has 1 aromatic carbocycles. The number of amides is 1. The van der Waals surface area contributed by atoms with Gasteiger partial charge < -0.3 is 14.7 Å². The summed E-state index contributed by atoms with van der Waals surface area (Å²) >= 11 is 0. The summed E-state index contributed by atoms with van der Waals surface area (Å²) in [4.78, 5) is 24.7. The Hall–Kier alpha value is -1.88. The van der Waals surface area contributed by atoms with E-state index in [1.54, 1.807) is 39.2 Å². The zero-order valence-electron chi connectivity index (χ0n) is 12.3. The highest BCUT2D eigenvalue weighted by Gasteiger charge is 2.31. The van der Waals surface area contributed by atoms with E-state index in [-0.39, 0.29) is 11.9 Å². The smallest absolute Gasteiger partial charge is 0.331 e. The van der Waals surface area contributed by atoms with Crippen LogP contribution in [0.2, 0.25) is 0 Å². The van der Waals surface area contributed by atoms with E-state index in [0.29, 0.717) is 12.2 Å². The molecule has 1 amide bonds. The van der Waals surface area contributed by atoms with Crippen LogP contribution in [0.25, 0.3) is 0 Å². The van der Waals surface area contributed by atoms with Gasteiger partial charge in [-0.25, -0.2) is 4.79 Å². The zero-order chi connectivity index (χ0) is 15.3. The largest absolute Gasteiger partial charge is 0.479 e. The van der Waals surface area contributed by atoms with Gasteiger partial charge in [0.05, 0.1) is 6.61 Å². The van der Waals surface area contributed by atoms with Crippen molar-refractivity contribution in [3.8, 4) is 0 Å². The van der Waals surface area contributed by atoms with Crippen LogP contribution in [0, 0.1) is 0 Å². The summed E-state index contributed by atoms with van der Waals surface area (Å²) in [5.41, 5.74) is 1.46. The van der Waals surface area contributed by atoms with Crippen molar-refractivity contribution in [3.05, 3.63) is 35.4 Å². The van der Waals surface area contributed by atoms with Gasteiger partial charge in [0.15, 0.2) is 6.04 Å². The highest BCUT2D eigenvalue weighted by Crippen LogP contribution is 2.24. The number of aliphatic carboxylic acids is 1. The Balaban J connectivity index is 3.22. The van der Waals surface area contributed by atoms with E-state index in [1.165, 1.54) is 11.8 Å². The second-order valence-electron chi connectivity index (χ2n) is 4.94. The van der Waals surface area contributed by atoms with Crippen molar-refractivity contribution in [2.24, 2.45) is 0 Å². The molecule has 5 heteroatoms. The van der Waals surface area contributed by atoms with Crippen molar-refractivity contribution >= 4 is 11.9 Å². The highest BCUT2D eigenvalue weighted by atomic mass is 16.5. The molecule has 0 saturated heterocycles. The molecule has 0 spiro atoms. The molecule has 5 nitrogen and oxygen atoms in total. The number of carboxylic acid groups (broad SMARTS) is 1. The zero-order valence-corrected chi connectivity index (χ0v) is 12.3. The topological polar surface area (TPSA) is 66.8 Å². The first kappa shape index (κ1) is 16.2. The van der Waals surface area contributed by atoms with Gasteiger partial charge in [0.2, 0.25) is 5.91 Å². The van der Waals surface area contributed by atoms with Crippen molar-refractivity contribution in [1.29, 1.82) is 0 Å². The molecule has 0 heterocycles. The number of hydrogen-bond acceptors (Lipinski definition) is 3. The predicted molar refractivity (Wildman–Crippen MR) is 75.2 cm³/mol. The molecule has 0 radical (unpaired) electrons. The summed E-state index contributed by atoms with van der Waals surface area (Å²) in [6, 6.07) is 5.94. The first-order chi connectivity index (χ1) is 9.38. The van der Waals surface area contributed by atoms with Gasteiger partial charge in [0.25, 0.3) is 0 Å². The van der Waals surface area contributed by atoms with Crippen LogP contribution in [0.3, 0.4) is 0 Å². The Labute approximate surface area is 119 Å². The number of benzene rings is 1. The number of carbonyl (C=O) groups excluding carboxylic acids is 1. The van der Waals surface area contributed by atoms with Gasteiger partial charge in [-0.3, -0.25) is 4.79 Å². The third-order valence-corrected chi connectivity index (χ3v) is 3.01. The molecule has 0 aliphatic heterocycles. The van der Waals surface area contributed by atoms with Crippen molar-refractivity contribution in [2.45, 2.75) is 39.5 Å². The molecule has 0 fully saturated rings. The van der Waals surface area contributed by atoms with E-state index in [2.05, 4.69) is 0 Å². The summed E-state index contributed by atoms with van der Waals surface area (Å²) in [5.74, 6) is -1.30. The number of hydrogen-bond donors (Lipinski definition) is 1. The molecule has 1 aromatic rings. The average Bonchev–Trinajstić information content (AvgIpc) is 2.35. The fourth-order valence-electron chi connectivity index (χ4n) is 2.29. The maximum atomic E-state index is 11.8. The molecular weight excluding hydrogens is 258 g/mol. The summed E-state index contributed by atoms with van der Waals surface area (Å²) in [7, 11) is 1.58. The second kappa shape index (κ2) is 7.05. The lowest BCUT2D eigenvalue weighted by Crippen LogP contribution is -2.42. The summed E-state index contributed by atoms with van der Waals surface area (Å²) in [6.07, 6.45) is 0. The number of rotatable bonds is 6. The van der Waals surface area contributed by atoms with Gasteiger partial charge in [-0.15, -0.1) is 0 Å². The molecule has 110 valence electrons. The van der Waals surface area contributed by atoms with Crippen LogP contribution in [-0.4, -0.2) is 35.0 Å². The van der Waals surface area contributed by atoms with Crippen LogP contribution in [0.15, 0.2) is 24.3 Å². The predicted octanol–water partition coefficient (Wildman–Crippen LogP) is 2.22. The molecule has 1 atom stereocenters. The Morgan fingerprint density at radius 3 is 2.45 bits per heavy atom. The minimum absolute atomic E-state index is 0.195. The van der Waals surface area contributed by atoms with E-state index in [9.17, 15) is 14.7 Å². The van der Waals surface area contributed by atoms with Crippen LogP contribution in [0.5, 0.6) is 0 Å². The lowest BCUT2D eigenvalue weighted by atomic mass is 10.0. The van der Waals surface area contributed by atoms with Gasteiger partial charge in [-0.2, -0.15) is 0 Å². The molecule has 1 unspecified atom stereocenters. The highest BCUT2D eigenvalue weighted by molar-refractivity contribution is 5.83. The van der Waals surface area contributed by atoms with Gasteiger partial charge >= 0.3 is 5.97 Å². The number of ether oxygens (including phenoxy) is 1. The summed E-state index contributed by atoms with van der Waals surface area (Å²) in [6.45, 7) is 5.39. The summed E-state index contributed by atoms with van der Waals surface area (Å²) < 4.78 is 5.05. The Morgan fingerprint density at radius 2 is 2.00 bits per heavy atom. The summed E-state index contributed by atoms with van der Waals surface area (Å²) in [5, 5.41) is 9.49. The Morgan fingerprint density at radius 1 is 1.35 bits per heavy atom. The second-order valence-corrected chi connectivity index (χ2v) is 4.94. The minimum atomic E-state index is -1.04. The third kappa shape index (κ3) is 3.81. The molecule has 0 aliphatic rings. The molecule has 0 aliphatic carbocycles. The van der Waals surface area contributed by atoms with E-state index in [1.807, 2.05) is 6.07 Å². The third-order valence-electron chi connectivity index (χ3n) is 3.01. The van der Waals surface area contributed by atoms with Crippen LogP contribution < -0.4 is 0 Å². The number of nitrogens with zero attached hydrogens (tertiary/aromatic N) is 1. The standard InChI is InChI=1S/C15H21NO4/c1-10(2)16(11(3)17)14(15(18)19)13-7-5-6-12(8-13)9-20-4/h5-8,10,14H,9H2,1-4H3,(H,18,19). The van der Waals surface area contributed by atoms with E-state index < -0.39 is 12.0 Å². The Bertz CT molecular complexity index is 485. The van der Waals surface area contributed by atoms with Crippen LogP contribution in [-0.2, 0) is 20.9 Å². The first-order valence-corrected chi connectivity index (χ1v) is 6.48. The van der Waals surface area contributed by atoms with Crippen molar-refractivity contribution in [2.75, 3.05) is 7.11 Å².